The van der Waals surface area contributed by atoms with Crippen molar-refractivity contribution in [2.24, 2.45) is 11.1 Å². The van der Waals surface area contributed by atoms with Gasteiger partial charge in [0.05, 0.1) is 14.2 Å². The lowest BCUT2D eigenvalue weighted by atomic mass is 9.87. The highest BCUT2D eigenvalue weighted by molar-refractivity contribution is 5.70. The first-order chi connectivity index (χ1) is 11.8. The molecular formula is C20H23NO4. The third-order valence-electron chi connectivity index (χ3n) is 4.70. The van der Waals surface area contributed by atoms with E-state index in [1.807, 2.05) is 30.3 Å². The molecule has 0 bridgehead atoms. The van der Waals surface area contributed by atoms with Gasteiger partial charge in [-0.3, -0.25) is 0 Å². The normalized spacial score (nSPS) is 17.7. The number of hydrogen-bond donors (Lipinski definition) is 1. The molecule has 0 radical (unpaired) electrons. The minimum Gasteiger partial charge on any atom is -0.497 e. The van der Waals surface area contributed by atoms with Crippen LogP contribution in [0.1, 0.15) is 31.1 Å². The molecule has 0 saturated heterocycles. The van der Waals surface area contributed by atoms with Crippen molar-refractivity contribution in [3.05, 3.63) is 47.5 Å². The lowest BCUT2D eigenvalue weighted by Gasteiger charge is -2.26. The molecule has 1 atom stereocenters. The second-order valence-electron chi connectivity index (χ2n) is 7.00. The Morgan fingerprint density at radius 2 is 1.68 bits per heavy atom. The number of rotatable bonds is 4. The lowest BCUT2D eigenvalue weighted by molar-refractivity contribution is 0.0392. The second kappa shape index (κ2) is 6.31. The summed E-state index contributed by atoms with van der Waals surface area (Å²) in [4.78, 5) is 11.3. The van der Waals surface area contributed by atoms with Gasteiger partial charge in [-0.25, -0.2) is 4.79 Å². The van der Waals surface area contributed by atoms with Crippen molar-refractivity contribution in [3.8, 4) is 22.6 Å². The predicted octanol–water partition coefficient (Wildman–Crippen LogP) is 4.09. The maximum Gasteiger partial charge on any atom is 0.405 e. The van der Waals surface area contributed by atoms with Crippen LogP contribution in [0.2, 0.25) is 0 Å². The van der Waals surface area contributed by atoms with Gasteiger partial charge in [-0.15, -0.1) is 0 Å². The van der Waals surface area contributed by atoms with E-state index in [4.69, 9.17) is 19.9 Å². The summed E-state index contributed by atoms with van der Waals surface area (Å²) in [7, 11) is 3.27. The molecule has 25 heavy (non-hydrogen) atoms. The standard InChI is InChI=1S/C20H23NO4/c1-20(2)11-14-7-12(5-6-17(14)18(20)25-19(21)22)13-8-15(23-3)10-16(9-13)24-4/h5-10,18H,11H2,1-4H3,(H2,21,22). The van der Waals surface area contributed by atoms with Crippen molar-refractivity contribution in [1.29, 1.82) is 0 Å². The zero-order valence-corrected chi connectivity index (χ0v) is 15.0. The molecule has 2 N–H and O–H groups in total. The van der Waals surface area contributed by atoms with E-state index in [1.54, 1.807) is 14.2 Å². The van der Waals surface area contributed by atoms with Gasteiger partial charge in [0, 0.05) is 11.5 Å². The van der Waals surface area contributed by atoms with Crippen LogP contribution >= 0.6 is 0 Å². The van der Waals surface area contributed by atoms with Crippen molar-refractivity contribution in [2.45, 2.75) is 26.4 Å². The summed E-state index contributed by atoms with van der Waals surface area (Å²) >= 11 is 0. The quantitative estimate of drug-likeness (QED) is 0.909. The van der Waals surface area contributed by atoms with Gasteiger partial charge in [0.25, 0.3) is 0 Å². The first-order valence-corrected chi connectivity index (χ1v) is 8.16. The van der Waals surface area contributed by atoms with Gasteiger partial charge in [-0.1, -0.05) is 32.0 Å². The van der Waals surface area contributed by atoms with Crippen LogP contribution in [0.15, 0.2) is 36.4 Å². The molecule has 2 aromatic rings. The van der Waals surface area contributed by atoms with Crippen LogP contribution < -0.4 is 15.2 Å². The first kappa shape index (κ1) is 17.1. The Bertz CT molecular complexity index is 791. The molecule has 0 heterocycles. The van der Waals surface area contributed by atoms with Gasteiger partial charge in [0.2, 0.25) is 0 Å². The molecule has 0 aliphatic heterocycles. The van der Waals surface area contributed by atoms with Crippen LogP contribution in [0, 0.1) is 5.41 Å². The smallest absolute Gasteiger partial charge is 0.405 e. The number of benzene rings is 2. The minimum atomic E-state index is -0.743. The molecule has 5 heteroatoms. The largest absolute Gasteiger partial charge is 0.497 e. The van der Waals surface area contributed by atoms with Gasteiger partial charge in [-0.05, 0) is 40.8 Å². The van der Waals surface area contributed by atoms with Crippen molar-refractivity contribution < 1.29 is 19.0 Å². The molecule has 132 valence electrons. The number of nitrogens with two attached hydrogens (primary N) is 1. The first-order valence-electron chi connectivity index (χ1n) is 8.16. The average molecular weight is 341 g/mol. The molecule has 0 aromatic heterocycles. The SMILES string of the molecule is COc1cc(OC)cc(-c2ccc3c(c2)CC(C)(C)C3OC(N)=O)c1. The lowest BCUT2D eigenvalue weighted by Crippen LogP contribution is -2.25. The van der Waals surface area contributed by atoms with E-state index in [0.29, 0.717) is 0 Å². The molecule has 1 amide bonds. The van der Waals surface area contributed by atoms with Gasteiger partial charge in [0.1, 0.15) is 17.6 Å². The van der Waals surface area contributed by atoms with Crippen LogP contribution in [0.25, 0.3) is 11.1 Å². The van der Waals surface area contributed by atoms with Gasteiger partial charge < -0.3 is 19.9 Å². The molecule has 1 aliphatic carbocycles. The molecular weight excluding hydrogens is 318 g/mol. The molecule has 5 nitrogen and oxygen atoms in total. The highest BCUT2D eigenvalue weighted by Crippen LogP contribution is 2.48. The predicted molar refractivity (Wildman–Crippen MR) is 95.9 cm³/mol. The molecule has 2 aromatic carbocycles. The number of ether oxygens (including phenoxy) is 3. The van der Waals surface area contributed by atoms with Crippen molar-refractivity contribution >= 4 is 6.09 Å². The second-order valence-corrected chi connectivity index (χ2v) is 7.00. The molecule has 0 saturated carbocycles. The van der Waals surface area contributed by atoms with Gasteiger partial charge in [-0.2, -0.15) is 0 Å². The fourth-order valence-corrected chi connectivity index (χ4v) is 3.51. The maximum atomic E-state index is 11.3. The van der Waals surface area contributed by atoms with Crippen molar-refractivity contribution in [1.82, 2.24) is 0 Å². The van der Waals surface area contributed by atoms with E-state index in [1.165, 1.54) is 0 Å². The van der Waals surface area contributed by atoms with Crippen molar-refractivity contribution in [2.75, 3.05) is 14.2 Å². The van der Waals surface area contributed by atoms with E-state index in [2.05, 4.69) is 19.9 Å². The van der Waals surface area contributed by atoms with Gasteiger partial charge >= 0.3 is 6.09 Å². The zero-order chi connectivity index (χ0) is 18.2. The monoisotopic (exact) mass is 341 g/mol. The average Bonchev–Trinajstić information content (AvgIpc) is 2.83. The molecule has 1 aliphatic rings. The molecule has 0 spiro atoms. The number of carbonyl (C=O) groups is 1. The Balaban J connectivity index is 2.02. The summed E-state index contributed by atoms with van der Waals surface area (Å²) < 4.78 is 16.1. The van der Waals surface area contributed by atoms with Crippen LogP contribution in [-0.2, 0) is 11.2 Å². The summed E-state index contributed by atoms with van der Waals surface area (Å²) in [5.41, 5.74) is 9.30. The van der Waals surface area contributed by atoms with E-state index >= 15 is 0 Å². The van der Waals surface area contributed by atoms with Crippen LogP contribution in [-0.4, -0.2) is 20.3 Å². The Hall–Kier alpha value is -2.69. The van der Waals surface area contributed by atoms with Gasteiger partial charge in [0.15, 0.2) is 0 Å². The fourth-order valence-electron chi connectivity index (χ4n) is 3.51. The number of hydrogen-bond acceptors (Lipinski definition) is 4. The highest BCUT2D eigenvalue weighted by atomic mass is 16.6. The summed E-state index contributed by atoms with van der Waals surface area (Å²) in [6, 6.07) is 12.0. The Kier molecular flexibility index (Phi) is 4.33. The van der Waals surface area contributed by atoms with Crippen LogP contribution in [0.5, 0.6) is 11.5 Å². The van der Waals surface area contributed by atoms with E-state index < -0.39 is 6.09 Å². The summed E-state index contributed by atoms with van der Waals surface area (Å²) in [5.74, 6) is 1.48. The third-order valence-corrected chi connectivity index (χ3v) is 4.70. The Morgan fingerprint density at radius 3 is 2.24 bits per heavy atom. The Labute approximate surface area is 147 Å². The summed E-state index contributed by atoms with van der Waals surface area (Å²) in [6.07, 6.45) is -0.253. The van der Waals surface area contributed by atoms with E-state index in [-0.39, 0.29) is 11.5 Å². The maximum absolute atomic E-state index is 11.3. The fraction of sp³-hybridized carbons (Fsp3) is 0.350. The number of carbonyl (C=O) groups excluding carboxylic acids is 1. The minimum absolute atomic E-state index is 0.192. The zero-order valence-electron chi connectivity index (χ0n) is 15.0. The molecule has 3 rings (SSSR count). The molecule has 0 fully saturated rings. The van der Waals surface area contributed by atoms with Crippen LogP contribution in [0.3, 0.4) is 0 Å². The van der Waals surface area contributed by atoms with Crippen LogP contribution in [0.4, 0.5) is 4.79 Å². The van der Waals surface area contributed by atoms with E-state index in [0.717, 1.165) is 40.2 Å². The number of methoxy groups -OCH3 is 2. The summed E-state index contributed by atoms with van der Waals surface area (Å²) in [5, 5.41) is 0. The molecule has 1 unspecified atom stereocenters. The third kappa shape index (κ3) is 3.27. The Morgan fingerprint density at radius 1 is 1.04 bits per heavy atom. The highest BCUT2D eigenvalue weighted by Gasteiger charge is 2.41. The van der Waals surface area contributed by atoms with Crippen molar-refractivity contribution in [3.63, 3.8) is 0 Å². The number of primary amides is 1. The topological polar surface area (TPSA) is 70.8 Å². The number of amides is 1. The van der Waals surface area contributed by atoms with E-state index in [9.17, 15) is 4.79 Å². The number of fused-ring (bicyclic) bond motifs is 1. The summed E-state index contributed by atoms with van der Waals surface area (Å²) in [6.45, 7) is 4.16.